The minimum Gasteiger partial charge on any atom is -0.324 e. The minimum atomic E-state index is 0.126. The van der Waals surface area contributed by atoms with Gasteiger partial charge in [-0.2, -0.15) is 0 Å². The van der Waals surface area contributed by atoms with Gasteiger partial charge in [-0.1, -0.05) is 25.4 Å². The number of hydrogen-bond acceptors (Lipinski definition) is 1. The third-order valence-corrected chi connectivity index (χ3v) is 4.88. The topological polar surface area (TPSA) is 30.9 Å². The third kappa shape index (κ3) is 2.43. The number of halogens is 2. The Morgan fingerprint density at radius 2 is 2.10 bits per heavy atom. The zero-order valence-corrected chi connectivity index (χ0v) is 14.0. The highest BCUT2D eigenvalue weighted by Gasteiger charge is 2.32. The maximum absolute atomic E-state index is 6.33. The zero-order valence-electron chi connectivity index (χ0n) is 11.7. The smallest absolute Gasteiger partial charge is 0.0595 e. The van der Waals surface area contributed by atoms with Gasteiger partial charge < -0.3 is 10.3 Å². The van der Waals surface area contributed by atoms with Crippen LogP contribution in [0.5, 0.6) is 0 Å². The summed E-state index contributed by atoms with van der Waals surface area (Å²) in [5.41, 5.74) is 10.3. The highest BCUT2D eigenvalue weighted by Crippen LogP contribution is 2.41. The molecule has 1 unspecified atom stereocenters. The summed E-state index contributed by atoms with van der Waals surface area (Å²) in [5, 5.41) is 0.735. The van der Waals surface area contributed by atoms with Gasteiger partial charge in [-0.25, -0.2) is 0 Å². The second kappa shape index (κ2) is 4.90. The van der Waals surface area contributed by atoms with E-state index in [0.717, 1.165) is 28.0 Å². The van der Waals surface area contributed by atoms with E-state index in [1.165, 1.54) is 11.3 Å². The number of fused-ring (bicyclic) bond motifs is 1. The summed E-state index contributed by atoms with van der Waals surface area (Å²) >= 11 is 9.63. The predicted molar refractivity (Wildman–Crippen MR) is 87.5 cm³/mol. The first-order valence-electron chi connectivity index (χ1n) is 6.78. The van der Waals surface area contributed by atoms with Crippen molar-refractivity contribution in [3.63, 3.8) is 0 Å². The van der Waals surface area contributed by atoms with E-state index < -0.39 is 0 Å². The lowest BCUT2D eigenvalue weighted by Gasteiger charge is -2.34. The lowest BCUT2D eigenvalue weighted by molar-refractivity contribution is 0.278. The molecular weight excluding hydrogens is 336 g/mol. The second-order valence-electron chi connectivity index (χ2n) is 6.34. The number of benzene rings is 1. The molecule has 0 saturated heterocycles. The Balaban J connectivity index is 2.13. The molecule has 0 saturated carbocycles. The molecule has 20 heavy (non-hydrogen) atoms. The molecule has 1 atom stereocenters. The number of aromatic nitrogens is 1. The van der Waals surface area contributed by atoms with Gasteiger partial charge in [-0.05, 0) is 64.0 Å². The van der Waals surface area contributed by atoms with Gasteiger partial charge in [-0.3, -0.25) is 0 Å². The maximum Gasteiger partial charge on any atom is 0.0595 e. The molecule has 0 bridgehead atoms. The Hall–Kier alpha value is -0.770. The number of rotatable bonds is 1. The fraction of sp³-hybridized carbons (Fsp3) is 0.375. The summed E-state index contributed by atoms with van der Waals surface area (Å²) in [6, 6.07) is 8.16. The Morgan fingerprint density at radius 1 is 1.35 bits per heavy atom. The van der Waals surface area contributed by atoms with E-state index in [1.807, 2.05) is 18.2 Å². The monoisotopic (exact) mass is 352 g/mol. The van der Waals surface area contributed by atoms with Crippen LogP contribution in [0.2, 0.25) is 5.02 Å². The minimum absolute atomic E-state index is 0.126. The van der Waals surface area contributed by atoms with Crippen LogP contribution in [-0.4, -0.2) is 4.57 Å². The maximum atomic E-state index is 6.33. The van der Waals surface area contributed by atoms with Crippen LogP contribution < -0.4 is 5.73 Å². The van der Waals surface area contributed by atoms with E-state index in [9.17, 15) is 0 Å². The zero-order chi connectivity index (χ0) is 14.5. The highest BCUT2D eigenvalue weighted by molar-refractivity contribution is 9.10. The van der Waals surface area contributed by atoms with E-state index in [1.54, 1.807) is 0 Å². The van der Waals surface area contributed by atoms with Crippen molar-refractivity contribution in [2.45, 2.75) is 32.7 Å². The standard InChI is InChI=1S/C16H18BrClN2/c1-16(2)8-13(19)11-5-6-20(15(11)9-16)14-4-3-10(18)7-12(14)17/h3-7,13H,8-9,19H2,1-2H3. The summed E-state index contributed by atoms with van der Waals surface area (Å²) in [7, 11) is 0. The van der Waals surface area contributed by atoms with Gasteiger partial charge in [0.1, 0.15) is 0 Å². The van der Waals surface area contributed by atoms with Crippen LogP contribution in [0.3, 0.4) is 0 Å². The molecule has 0 aliphatic heterocycles. The molecule has 1 heterocycles. The lowest BCUT2D eigenvalue weighted by Crippen LogP contribution is -2.30. The predicted octanol–water partition coefficient (Wildman–Crippen LogP) is 4.87. The van der Waals surface area contributed by atoms with E-state index >= 15 is 0 Å². The Bertz CT molecular complexity index is 660. The van der Waals surface area contributed by atoms with Crippen molar-refractivity contribution in [3.05, 3.63) is 51.2 Å². The van der Waals surface area contributed by atoms with Gasteiger partial charge in [0.25, 0.3) is 0 Å². The van der Waals surface area contributed by atoms with Crippen LogP contribution in [0.1, 0.15) is 37.6 Å². The summed E-state index contributed by atoms with van der Waals surface area (Å²) in [5.74, 6) is 0. The van der Waals surface area contributed by atoms with Gasteiger partial charge in [0.2, 0.25) is 0 Å². The van der Waals surface area contributed by atoms with Gasteiger partial charge >= 0.3 is 0 Å². The fourth-order valence-electron chi connectivity index (χ4n) is 3.14. The van der Waals surface area contributed by atoms with Crippen LogP contribution in [0.25, 0.3) is 5.69 Å². The average Bonchev–Trinajstić information content (AvgIpc) is 2.71. The summed E-state index contributed by atoms with van der Waals surface area (Å²) < 4.78 is 3.23. The van der Waals surface area contributed by atoms with Crippen LogP contribution in [-0.2, 0) is 6.42 Å². The van der Waals surface area contributed by atoms with Crippen molar-refractivity contribution in [1.82, 2.24) is 4.57 Å². The Labute approximate surface area is 133 Å². The van der Waals surface area contributed by atoms with Crippen LogP contribution in [0.4, 0.5) is 0 Å². The third-order valence-electron chi connectivity index (χ3n) is 4.01. The van der Waals surface area contributed by atoms with Gasteiger partial charge in [0.15, 0.2) is 0 Å². The van der Waals surface area contributed by atoms with Crippen molar-refractivity contribution < 1.29 is 0 Å². The summed E-state index contributed by atoms with van der Waals surface area (Å²) in [4.78, 5) is 0. The Kier molecular flexibility index (Phi) is 3.47. The molecule has 2 nitrogen and oxygen atoms in total. The average molecular weight is 354 g/mol. The molecule has 0 radical (unpaired) electrons. The highest BCUT2D eigenvalue weighted by atomic mass is 79.9. The lowest BCUT2D eigenvalue weighted by atomic mass is 9.74. The van der Waals surface area contributed by atoms with Crippen LogP contribution in [0.15, 0.2) is 34.9 Å². The molecule has 0 spiro atoms. The number of nitrogens with two attached hydrogens (primary N) is 1. The quantitative estimate of drug-likeness (QED) is 0.779. The largest absolute Gasteiger partial charge is 0.324 e. The van der Waals surface area contributed by atoms with Crippen molar-refractivity contribution in [2.75, 3.05) is 0 Å². The molecule has 106 valence electrons. The Morgan fingerprint density at radius 3 is 2.80 bits per heavy atom. The fourth-order valence-corrected chi connectivity index (χ4v) is 4.01. The van der Waals surface area contributed by atoms with Crippen LogP contribution in [0, 0.1) is 5.41 Å². The first-order chi connectivity index (χ1) is 9.37. The van der Waals surface area contributed by atoms with Gasteiger partial charge in [0.05, 0.1) is 5.69 Å². The molecule has 3 rings (SSSR count). The molecule has 1 aromatic carbocycles. The molecular formula is C16H18BrClN2. The van der Waals surface area contributed by atoms with Gasteiger partial charge in [0, 0.05) is 27.4 Å². The molecule has 4 heteroatoms. The van der Waals surface area contributed by atoms with E-state index in [2.05, 4.69) is 46.6 Å². The van der Waals surface area contributed by atoms with E-state index in [4.69, 9.17) is 17.3 Å². The van der Waals surface area contributed by atoms with E-state index in [-0.39, 0.29) is 11.5 Å². The van der Waals surface area contributed by atoms with E-state index in [0.29, 0.717) is 0 Å². The van der Waals surface area contributed by atoms with Gasteiger partial charge in [-0.15, -0.1) is 0 Å². The van der Waals surface area contributed by atoms with Crippen molar-refractivity contribution in [3.8, 4) is 5.69 Å². The normalized spacial score (nSPS) is 20.8. The van der Waals surface area contributed by atoms with Crippen molar-refractivity contribution in [2.24, 2.45) is 11.1 Å². The first kappa shape index (κ1) is 14.2. The molecule has 1 aliphatic carbocycles. The molecule has 2 aromatic rings. The molecule has 2 N–H and O–H groups in total. The van der Waals surface area contributed by atoms with Crippen molar-refractivity contribution in [1.29, 1.82) is 0 Å². The molecule has 1 aromatic heterocycles. The molecule has 1 aliphatic rings. The molecule has 0 amide bonds. The molecule has 0 fully saturated rings. The first-order valence-corrected chi connectivity index (χ1v) is 7.96. The summed E-state index contributed by atoms with van der Waals surface area (Å²) in [6.45, 7) is 4.56. The van der Waals surface area contributed by atoms with Crippen molar-refractivity contribution >= 4 is 27.5 Å². The summed E-state index contributed by atoms with van der Waals surface area (Å²) in [6.07, 6.45) is 4.18. The van der Waals surface area contributed by atoms with Crippen LogP contribution >= 0.6 is 27.5 Å². The SMILES string of the molecule is CC1(C)Cc2c(ccn2-c2ccc(Cl)cc2Br)C(N)C1. The number of hydrogen-bond donors (Lipinski definition) is 1. The second-order valence-corrected chi connectivity index (χ2v) is 7.63. The number of nitrogens with zero attached hydrogens (tertiary/aromatic N) is 1.